The Morgan fingerprint density at radius 2 is 2.00 bits per heavy atom. The van der Waals surface area contributed by atoms with Crippen molar-refractivity contribution in [3.05, 3.63) is 59.9 Å². The molecule has 1 N–H and O–H groups in total. The van der Waals surface area contributed by atoms with Crippen molar-refractivity contribution in [3.63, 3.8) is 0 Å². The Morgan fingerprint density at radius 3 is 2.74 bits per heavy atom. The molecule has 1 unspecified atom stereocenters. The molecule has 0 bridgehead atoms. The van der Waals surface area contributed by atoms with Crippen LogP contribution in [-0.4, -0.2) is 46.6 Å². The Morgan fingerprint density at radius 1 is 1.22 bits per heavy atom. The SMILES string of the molecule is CC(C)OCCCNC(=O)C1Cn2cccc2C(=O)N1Cc1ccccc1. The van der Waals surface area contributed by atoms with Gasteiger partial charge in [0.1, 0.15) is 11.7 Å². The molecule has 0 fully saturated rings. The average molecular weight is 369 g/mol. The van der Waals surface area contributed by atoms with E-state index >= 15 is 0 Å². The summed E-state index contributed by atoms with van der Waals surface area (Å²) >= 11 is 0. The fourth-order valence-electron chi connectivity index (χ4n) is 3.25. The molecule has 1 aliphatic rings. The number of rotatable bonds is 8. The zero-order valence-corrected chi connectivity index (χ0v) is 15.9. The molecule has 0 spiro atoms. The summed E-state index contributed by atoms with van der Waals surface area (Å²) in [6, 6.07) is 12.9. The number of carbonyl (C=O) groups excluding carboxylic acids is 2. The number of carbonyl (C=O) groups is 2. The van der Waals surface area contributed by atoms with Crippen LogP contribution in [0.4, 0.5) is 0 Å². The van der Waals surface area contributed by atoms with E-state index in [-0.39, 0.29) is 17.9 Å². The van der Waals surface area contributed by atoms with Gasteiger partial charge in [-0.15, -0.1) is 0 Å². The lowest BCUT2D eigenvalue weighted by Crippen LogP contribution is -2.54. The maximum Gasteiger partial charge on any atom is 0.271 e. The van der Waals surface area contributed by atoms with Crippen LogP contribution in [-0.2, 0) is 22.6 Å². The van der Waals surface area contributed by atoms with E-state index in [0.29, 0.717) is 31.9 Å². The van der Waals surface area contributed by atoms with Crippen LogP contribution in [0.25, 0.3) is 0 Å². The first-order valence-corrected chi connectivity index (χ1v) is 9.45. The lowest BCUT2D eigenvalue weighted by Gasteiger charge is -2.35. The summed E-state index contributed by atoms with van der Waals surface area (Å²) in [5.74, 6) is -0.235. The number of amides is 2. The summed E-state index contributed by atoms with van der Waals surface area (Å²) < 4.78 is 7.36. The largest absolute Gasteiger partial charge is 0.379 e. The second-order valence-corrected chi connectivity index (χ2v) is 7.04. The summed E-state index contributed by atoms with van der Waals surface area (Å²) in [4.78, 5) is 27.4. The molecular weight excluding hydrogens is 342 g/mol. The van der Waals surface area contributed by atoms with Crippen molar-refractivity contribution >= 4 is 11.8 Å². The van der Waals surface area contributed by atoms with Crippen molar-refractivity contribution in [2.24, 2.45) is 0 Å². The molecule has 27 heavy (non-hydrogen) atoms. The van der Waals surface area contributed by atoms with Gasteiger partial charge in [-0.05, 0) is 38.0 Å². The number of nitrogens with zero attached hydrogens (tertiary/aromatic N) is 2. The molecule has 0 aliphatic carbocycles. The predicted octanol–water partition coefficient (Wildman–Crippen LogP) is 2.44. The zero-order valence-electron chi connectivity index (χ0n) is 15.9. The molecule has 2 aromatic rings. The minimum absolute atomic E-state index is 0.113. The van der Waals surface area contributed by atoms with Crippen molar-refractivity contribution in [2.45, 2.75) is 45.5 Å². The Hall–Kier alpha value is -2.60. The third kappa shape index (κ3) is 4.77. The van der Waals surface area contributed by atoms with Gasteiger partial charge in [0.2, 0.25) is 5.91 Å². The Balaban J connectivity index is 1.68. The molecule has 144 valence electrons. The van der Waals surface area contributed by atoms with Crippen LogP contribution in [0.1, 0.15) is 36.3 Å². The first-order valence-electron chi connectivity index (χ1n) is 9.45. The Labute approximate surface area is 160 Å². The predicted molar refractivity (Wildman–Crippen MR) is 103 cm³/mol. The van der Waals surface area contributed by atoms with Crippen molar-refractivity contribution < 1.29 is 14.3 Å². The lowest BCUT2D eigenvalue weighted by molar-refractivity contribution is -0.126. The summed E-state index contributed by atoms with van der Waals surface area (Å²) in [5, 5.41) is 2.96. The topological polar surface area (TPSA) is 63.6 Å². The zero-order chi connectivity index (χ0) is 19.2. The highest BCUT2D eigenvalue weighted by molar-refractivity contribution is 5.97. The van der Waals surface area contributed by atoms with Gasteiger partial charge >= 0.3 is 0 Å². The molecule has 1 aliphatic heterocycles. The molecule has 3 rings (SSSR count). The first kappa shape index (κ1) is 19.2. The van der Waals surface area contributed by atoms with Crippen LogP contribution in [0.15, 0.2) is 48.7 Å². The first-order chi connectivity index (χ1) is 13.1. The van der Waals surface area contributed by atoms with E-state index in [1.807, 2.05) is 61.0 Å². The monoisotopic (exact) mass is 369 g/mol. The molecule has 6 heteroatoms. The number of hydrogen-bond donors (Lipinski definition) is 1. The molecule has 1 aromatic heterocycles. The number of ether oxygens (including phenoxy) is 1. The van der Waals surface area contributed by atoms with E-state index in [1.165, 1.54) is 0 Å². The van der Waals surface area contributed by atoms with Crippen LogP contribution < -0.4 is 5.32 Å². The van der Waals surface area contributed by atoms with Gasteiger partial charge in [-0.25, -0.2) is 0 Å². The van der Waals surface area contributed by atoms with E-state index in [0.717, 1.165) is 12.0 Å². The molecule has 0 radical (unpaired) electrons. The van der Waals surface area contributed by atoms with Gasteiger partial charge in [-0.3, -0.25) is 9.59 Å². The lowest BCUT2D eigenvalue weighted by atomic mass is 10.1. The summed E-state index contributed by atoms with van der Waals surface area (Å²) in [6.45, 7) is 6.00. The van der Waals surface area contributed by atoms with Gasteiger partial charge in [0.05, 0.1) is 12.6 Å². The minimum Gasteiger partial charge on any atom is -0.379 e. The highest BCUT2D eigenvalue weighted by atomic mass is 16.5. The number of fused-ring (bicyclic) bond motifs is 1. The van der Waals surface area contributed by atoms with Gasteiger partial charge in [-0.1, -0.05) is 30.3 Å². The van der Waals surface area contributed by atoms with Gasteiger partial charge in [0.15, 0.2) is 0 Å². The van der Waals surface area contributed by atoms with Gasteiger partial charge in [-0.2, -0.15) is 0 Å². The van der Waals surface area contributed by atoms with E-state index in [2.05, 4.69) is 5.32 Å². The molecule has 1 aromatic carbocycles. The summed E-state index contributed by atoms with van der Waals surface area (Å²) in [6.07, 6.45) is 2.78. The Kier molecular flexibility index (Phi) is 6.29. The number of benzene rings is 1. The maximum absolute atomic E-state index is 13.0. The standard InChI is InChI=1S/C21H27N3O3/c1-16(2)27-13-7-11-22-20(25)19-15-23-12-6-10-18(23)21(26)24(19)14-17-8-4-3-5-9-17/h3-6,8-10,12,16,19H,7,11,13-15H2,1-2H3,(H,22,25). The van der Waals surface area contributed by atoms with Gasteiger partial charge in [0, 0.05) is 25.9 Å². The second kappa shape index (κ2) is 8.86. The molecular formula is C21H27N3O3. The fraction of sp³-hybridized carbons (Fsp3) is 0.429. The van der Waals surface area contributed by atoms with E-state index in [4.69, 9.17) is 4.74 Å². The molecule has 2 amide bonds. The highest BCUT2D eigenvalue weighted by Gasteiger charge is 2.36. The number of hydrogen-bond acceptors (Lipinski definition) is 3. The van der Waals surface area contributed by atoms with E-state index < -0.39 is 6.04 Å². The van der Waals surface area contributed by atoms with Crippen LogP contribution in [0, 0.1) is 0 Å². The number of aromatic nitrogens is 1. The molecule has 6 nitrogen and oxygen atoms in total. The van der Waals surface area contributed by atoms with Crippen molar-refractivity contribution in [1.29, 1.82) is 0 Å². The number of nitrogens with one attached hydrogen (secondary N) is 1. The normalized spacial score (nSPS) is 16.5. The van der Waals surface area contributed by atoms with Crippen LogP contribution in [0.2, 0.25) is 0 Å². The minimum atomic E-state index is -0.524. The smallest absolute Gasteiger partial charge is 0.271 e. The molecule has 0 saturated carbocycles. The summed E-state index contributed by atoms with van der Waals surface area (Å²) in [7, 11) is 0. The molecule has 0 saturated heterocycles. The van der Waals surface area contributed by atoms with Gasteiger partial charge in [0.25, 0.3) is 5.91 Å². The van der Waals surface area contributed by atoms with Crippen molar-refractivity contribution in [1.82, 2.24) is 14.8 Å². The highest BCUT2D eigenvalue weighted by Crippen LogP contribution is 2.21. The quantitative estimate of drug-likeness (QED) is 0.727. The molecule has 1 atom stereocenters. The van der Waals surface area contributed by atoms with Crippen LogP contribution in [0.5, 0.6) is 0 Å². The fourth-order valence-corrected chi connectivity index (χ4v) is 3.25. The second-order valence-electron chi connectivity index (χ2n) is 7.04. The van der Waals surface area contributed by atoms with Gasteiger partial charge < -0.3 is 19.5 Å². The van der Waals surface area contributed by atoms with Crippen LogP contribution >= 0.6 is 0 Å². The van der Waals surface area contributed by atoms with Crippen LogP contribution in [0.3, 0.4) is 0 Å². The molecule has 2 heterocycles. The van der Waals surface area contributed by atoms with Crippen molar-refractivity contribution in [2.75, 3.05) is 13.2 Å². The Bertz CT molecular complexity index is 770. The average Bonchev–Trinajstić information content (AvgIpc) is 3.13. The summed E-state index contributed by atoms with van der Waals surface area (Å²) in [5.41, 5.74) is 1.63. The van der Waals surface area contributed by atoms with E-state index in [1.54, 1.807) is 11.0 Å². The van der Waals surface area contributed by atoms with Crippen molar-refractivity contribution in [3.8, 4) is 0 Å². The third-order valence-electron chi connectivity index (χ3n) is 4.63. The maximum atomic E-state index is 13.0. The van der Waals surface area contributed by atoms with E-state index in [9.17, 15) is 9.59 Å². The third-order valence-corrected chi connectivity index (χ3v) is 4.63.